The SMILES string of the molecule is O=c1cc(O)nc(-c2cccc(Cl)c2F)[nH]1. The second-order valence-electron chi connectivity index (χ2n) is 3.05. The first-order valence-electron chi connectivity index (χ1n) is 4.32. The van der Waals surface area contributed by atoms with Crippen molar-refractivity contribution >= 4 is 11.6 Å². The third-order valence-electron chi connectivity index (χ3n) is 1.93. The van der Waals surface area contributed by atoms with Crippen molar-refractivity contribution < 1.29 is 9.50 Å². The molecule has 2 aromatic rings. The van der Waals surface area contributed by atoms with Crippen LogP contribution in [0.2, 0.25) is 5.02 Å². The molecule has 0 atom stereocenters. The van der Waals surface area contributed by atoms with Gasteiger partial charge in [-0.2, -0.15) is 4.98 Å². The molecule has 0 aliphatic carbocycles. The zero-order valence-electron chi connectivity index (χ0n) is 7.87. The Bertz CT molecular complexity index is 598. The number of hydrogen-bond donors (Lipinski definition) is 2. The fraction of sp³-hybridized carbons (Fsp3) is 0. The molecule has 0 fully saturated rings. The zero-order valence-corrected chi connectivity index (χ0v) is 8.62. The number of aromatic nitrogens is 2. The maximum Gasteiger partial charge on any atom is 0.254 e. The fourth-order valence-electron chi connectivity index (χ4n) is 1.26. The number of nitrogens with one attached hydrogen (secondary N) is 1. The summed E-state index contributed by atoms with van der Waals surface area (Å²) in [5, 5.41) is 9.05. The molecular formula is C10H6ClFN2O2. The van der Waals surface area contributed by atoms with Crippen LogP contribution >= 0.6 is 11.6 Å². The summed E-state index contributed by atoms with van der Waals surface area (Å²) in [5.74, 6) is -1.24. The van der Waals surface area contributed by atoms with Crippen LogP contribution in [0, 0.1) is 5.82 Å². The number of hydrogen-bond acceptors (Lipinski definition) is 3. The van der Waals surface area contributed by atoms with Crippen LogP contribution in [-0.2, 0) is 0 Å². The predicted octanol–water partition coefficient (Wildman–Crippen LogP) is 1.93. The monoisotopic (exact) mass is 240 g/mol. The first-order valence-corrected chi connectivity index (χ1v) is 4.70. The zero-order chi connectivity index (χ0) is 11.7. The largest absolute Gasteiger partial charge is 0.493 e. The molecule has 0 amide bonds. The van der Waals surface area contributed by atoms with Gasteiger partial charge in [0.1, 0.15) is 5.82 Å². The van der Waals surface area contributed by atoms with Gasteiger partial charge in [-0.3, -0.25) is 4.79 Å². The first-order chi connectivity index (χ1) is 7.58. The fourth-order valence-corrected chi connectivity index (χ4v) is 1.43. The summed E-state index contributed by atoms with van der Waals surface area (Å²) >= 11 is 5.59. The minimum absolute atomic E-state index is 0.0282. The quantitative estimate of drug-likeness (QED) is 0.801. The smallest absolute Gasteiger partial charge is 0.254 e. The van der Waals surface area contributed by atoms with Crippen molar-refractivity contribution in [3.63, 3.8) is 0 Å². The molecule has 6 heteroatoms. The number of aromatic hydroxyl groups is 1. The van der Waals surface area contributed by atoms with Crippen LogP contribution in [0.4, 0.5) is 4.39 Å². The van der Waals surface area contributed by atoms with E-state index in [9.17, 15) is 9.18 Å². The molecule has 2 N–H and O–H groups in total. The molecule has 0 radical (unpaired) electrons. The minimum Gasteiger partial charge on any atom is -0.493 e. The lowest BCUT2D eigenvalue weighted by Gasteiger charge is -2.03. The van der Waals surface area contributed by atoms with Crippen LogP contribution < -0.4 is 5.56 Å². The molecule has 1 aromatic heterocycles. The lowest BCUT2D eigenvalue weighted by molar-refractivity contribution is 0.451. The highest BCUT2D eigenvalue weighted by Crippen LogP contribution is 2.24. The second kappa shape index (κ2) is 3.94. The van der Waals surface area contributed by atoms with Gasteiger partial charge < -0.3 is 10.1 Å². The van der Waals surface area contributed by atoms with E-state index in [0.29, 0.717) is 0 Å². The van der Waals surface area contributed by atoms with E-state index in [2.05, 4.69) is 9.97 Å². The second-order valence-corrected chi connectivity index (χ2v) is 3.46. The Labute approximate surface area is 94.4 Å². The minimum atomic E-state index is -0.696. The molecule has 0 saturated carbocycles. The summed E-state index contributed by atoms with van der Waals surface area (Å²) in [4.78, 5) is 17.0. The van der Waals surface area contributed by atoms with Gasteiger partial charge in [0.25, 0.3) is 5.56 Å². The highest BCUT2D eigenvalue weighted by Gasteiger charge is 2.11. The van der Waals surface area contributed by atoms with Crippen molar-refractivity contribution in [1.82, 2.24) is 9.97 Å². The van der Waals surface area contributed by atoms with E-state index in [-0.39, 0.29) is 16.4 Å². The molecule has 1 heterocycles. The Morgan fingerprint density at radius 1 is 1.44 bits per heavy atom. The molecule has 0 saturated heterocycles. The first kappa shape index (κ1) is 10.6. The average molecular weight is 241 g/mol. The summed E-state index contributed by atoms with van der Waals surface area (Å²) in [6, 6.07) is 5.19. The molecule has 0 spiro atoms. The normalized spacial score (nSPS) is 10.4. The van der Waals surface area contributed by atoms with Crippen molar-refractivity contribution in [2.75, 3.05) is 0 Å². The van der Waals surface area contributed by atoms with Crippen LogP contribution in [-0.4, -0.2) is 15.1 Å². The number of rotatable bonds is 1. The number of H-pyrrole nitrogens is 1. The van der Waals surface area contributed by atoms with Gasteiger partial charge in [-0.1, -0.05) is 17.7 Å². The Morgan fingerprint density at radius 2 is 2.19 bits per heavy atom. The Morgan fingerprint density at radius 3 is 2.88 bits per heavy atom. The number of aromatic amines is 1. The molecule has 82 valence electrons. The summed E-state index contributed by atoms with van der Waals surface area (Å²) in [6.07, 6.45) is 0. The summed E-state index contributed by atoms with van der Waals surface area (Å²) in [7, 11) is 0. The maximum absolute atomic E-state index is 13.6. The lowest BCUT2D eigenvalue weighted by atomic mass is 10.2. The van der Waals surface area contributed by atoms with Gasteiger partial charge in [-0.25, -0.2) is 4.39 Å². The van der Waals surface area contributed by atoms with Crippen LogP contribution in [0.5, 0.6) is 5.88 Å². The van der Waals surface area contributed by atoms with E-state index in [1.807, 2.05) is 0 Å². The molecule has 0 aliphatic rings. The van der Waals surface area contributed by atoms with Crippen molar-refractivity contribution in [3.05, 3.63) is 45.5 Å². The van der Waals surface area contributed by atoms with Gasteiger partial charge in [0.05, 0.1) is 16.7 Å². The van der Waals surface area contributed by atoms with Gasteiger partial charge in [0.2, 0.25) is 5.88 Å². The highest BCUT2D eigenvalue weighted by atomic mass is 35.5. The molecule has 4 nitrogen and oxygen atoms in total. The summed E-state index contributed by atoms with van der Waals surface area (Å²) in [6.45, 7) is 0. The number of nitrogens with zero attached hydrogens (tertiary/aromatic N) is 1. The molecule has 0 bridgehead atoms. The van der Waals surface area contributed by atoms with Gasteiger partial charge >= 0.3 is 0 Å². The van der Waals surface area contributed by atoms with Gasteiger partial charge in [0.15, 0.2) is 5.82 Å². The Hall–Kier alpha value is -1.88. The van der Waals surface area contributed by atoms with Crippen molar-refractivity contribution in [3.8, 4) is 17.3 Å². The summed E-state index contributed by atoms with van der Waals surface area (Å²) < 4.78 is 13.6. The average Bonchev–Trinajstić information content (AvgIpc) is 2.20. The number of benzene rings is 1. The van der Waals surface area contributed by atoms with Crippen LogP contribution in [0.15, 0.2) is 29.1 Å². The molecular weight excluding hydrogens is 235 g/mol. The van der Waals surface area contributed by atoms with Gasteiger partial charge in [0, 0.05) is 0 Å². The third-order valence-corrected chi connectivity index (χ3v) is 2.23. The van der Waals surface area contributed by atoms with E-state index in [1.165, 1.54) is 18.2 Å². The van der Waals surface area contributed by atoms with Crippen molar-refractivity contribution in [2.24, 2.45) is 0 Å². The van der Waals surface area contributed by atoms with E-state index in [0.717, 1.165) is 6.07 Å². The van der Waals surface area contributed by atoms with E-state index in [4.69, 9.17) is 16.7 Å². The molecule has 0 unspecified atom stereocenters. The predicted molar refractivity (Wildman–Crippen MR) is 56.9 cm³/mol. The Kier molecular flexibility index (Phi) is 2.62. The lowest BCUT2D eigenvalue weighted by Crippen LogP contribution is -2.07. The topological polar surface area (TPSA) is 66.0 Å². The Balaban J connectivity index is 2.67. The maximum atomic E-state index is 13.6. The third kappa shape index (κ3) is 1.90. The number of halogens is 2. The highest BCUT2D eigenvalue weighted by molar-refractivity contribution is 6.31. The van der Waals surface area contributed by atoms with Crippen LogP contribution in [0.3, 0.4) is 0 Å². The van der Waals surface area contributed by atoms with E-state index in [1.54, 1.807) is 0 Å². The molecule has 2 rings (SSSR count). The van der Waals surface area contributed by atoms with Crippen LogP contribution in [0.1, 0.15) is 0 Å². The van der Waals surface area contributed by atoms with E-state index >= 15 is 0 Å². The molecule has 1 aromatic carbocycles. The standard InChI is InChI=1S/C10H6ClFN2O2/c11-6-3-1-2-5(9(6)12)10-13-7(15)4-8(16)14-10/h1-4H,(H2,13,14,15,16). The van der Waals surface area contributed by atoms with Crippen molar-refractivity contribution in [1.29, 1.82) is 0 Å². The summed E-state index contributed by atoms with van der Waals surface area (Å²) in [5.41, 5.74) is -0.539. The van der Waals surface area contributed by atoms with Crippen molar-refractivity contribution in [2.45, 2.75) is 0 Å². The molecule has 0 aliphatic heterocycles. The van der Waals surface area contributed by atoms with E-state index < -0.39 is 17.3 Å². The van der Waals surface area contributed by atoms with Crippen LogP contribution in [0.25, 0.3) is 11.4 Å². The molecule has 16 heavy (non-hydrogen) atoms. The van der Waals surface area contributed by atoms with Gasteiger partial charge in [-0.05, 0) is 12.1 Å². The van der Waals surface area contributed by atoms with Gasteiger partial charge in [-0.15, -0.1) is 0 Å².